The Morgan fingerprint density at radius 1 is 1.33 bits per heavy atom. The first-order valence-electron chi connectivity index (χ1n) is 7.22. The standard InChI is InChI=1S/C16H24N2O3/c1-12(2)15(7-8-19)18-10-14(20)11-21-16-6-4-3-5-13(16)9-17/h3-6,12,14-15,18-20H,7-8,10-11H2,1-2H3. The molecule has 0 amide bonds. The topological polar surface area (TPSA) is 85.5 Å². The number of hydrogen-bond acceptors (Lipinski definition) is 5. The number of aliphatic hydroxyl groups excluding tert-OH is 2. The van der Waals surface area contributed by atoms with Gasteiger partial charge in [-0.2, -0.15) is 5.26 Å². The van der Waals surface area contributed by atoms with E-state index in [1.54, 1.807) is 24.3 Å². The van der Waals surface area contributed by atoms with Gasteiger partial charge in [0.2, 0.25) is 0 Å². The van der Waals surface area contributed by atoms with Crippen LogP contribution < -0.4 is 10.1 Å². The fraction of sp³-hybridized carbons (Fsp3) is 0.562. The van der Waals surface area contributed by atoms with Crippen LogP contribution in [0.5, 0.6) is 5.75 Å². The van der Waals surface area contributed by atoms with Gasteiger partial charge in [0.15, 0.2) is 0 Å². The summed E-state index contributed by atoms with van der Waals surface area (Å²) in [5.74, 6) is 0.861. The number of aliphatic hydroxyl groups is 2. The zero-order chi connectivity index (χ0) is 15.7. The highest BCUT2D eigenvalue weighted by Gasteiger charge is 2.14. The molecular weight excluding hydrogens is 268 g/mol. The highest BCUT2D eigenvalue weighted by molar-refractivity contribution is 5.42. The van der Waals surface area contributed by atoms with Gasteiger partial charge in [-0.25, -0.2) is 0 Å². The Balaban J connectivity index is 2.40. The maximum absolute atomic E-state index is 9.94. The predicted molar refractivity (Wildman–Crippen MR) is 81.0 cm³/mol. The number of hydrogen-bond donors (Lipinski definition) is 3. The summed E-state index contributed by atoms with van der Waals surface area (Å²) in [5.41, 5.74) is 0.456. The molecule has 2 unspecified atom stereocenters. The van der Waals surface area contributed by atoms with Crippen molar-refractivity contribution >= 4 is 0 Å². The lowest BCUT2D eigenvalue weighted by Gasteiger charge is -2.23. The fourth-order valence-corrected chi connectivity index (χ4v) is 2.03. The highest BCUT2D eigenvalue weighted by atomic mass is 16.5. The molecule has 0 saturated heterocycles. The van der Waals surface area contributed by atoms with Crippen LogP contribution in [-0.2, 0) is 0 Å². The summed E-state index contributed by atoms with van der Waals surface area (Å²) in [6, 6.07) is 9.16. The van der Waals surface area contributed by atoms with Gasteiger partial charge in [-0.3, -0.25) is 0 Å². The minimum absolute atomic E-state index is 0.121. The molecule has 5 heteroatoms. The molecule has 0 aliphatic carbocycles. The first kappa shape index (κ1) is 17.4. The smallest absolute Gasteiger partial charge is 0.137 e. The van der Waals surface area contributed by atoms with Crippen molar-refractivity contribution in [2.45, 2.75) is 32.4 Å². The first-order valence-corrected chi connectivity index (χ1v) is 7.22. The highest BCUT2D eigenvalue weighted by Crippen LogP contribution is 2.16. The van der Waals surface area contributed by atoms with Gasteiger partial charge in [-0.1, -0.05) is 26.0 Å². The van der Waals surface area contributed by atoms with E-state index >= 15 is 0 Å². The van der Waals surface area contributed by atoms with Crippen molar-refractivity contribution in [1.29, 1.82) is 5.26 Å². The van der Waals surface area contributed by atoms with Crippen molar-refractivity contribution in [3.05, 3.63) is 29.8 Å². The van der Waals surface area contributed by atoms with Crippen LogP contribution in [-0.4, -0.2) is 42.1 Å². The number of nitriles is 1. The zero-order valence-electron chi connectivity index (χ0n) is 12.6. The summed E-state index contributed by atoms with van der Waals surface area (Å²) in [6.07, 6.45) is -0.0145. The molecule has 0 aromatic heterocycles. The van der Waals surface area contributed by atoms with Crippen LogP contribution >= 0.6 is 0 Å². The molecule has 0 aliphatic heterocycles. The van der Waals surface area contributed by atoms with Gasteiger partial charge in [-0.05, 0) is 24.5 Å². The van der Waals surface area contributed by atoms with Gasteiger partial charge < -0.3 is 20.3 Å². The minimum atomic E-state index is -0.670. The van der Waals surface area contributed by atoms with E-state index in [2.05, 4.69) is 25.2 Å². The number of ether oxygens (including phenoxy) is 1. The fourth-order valence-electron chi connectivity index (χ4n) is 2.03. The van der Waals surface area contributed by atoms with Gasteiger partial charge in [0.1, 0.15) is 24.5 Å². The van der Waals surface area contributed by atoms with Crippen LogP contribution in [0.25, 0.3) is 0 Å². The normalized spacial score (nSPS) is 13.7. The summed E-state index contributed by atoms with van der Waals surface area (Å²) >= 11 is 0. The quantitative estimate of drug-likeness (QED) is 0.638. The summed E-state index contributed by atoms with van der Waals surface area (Å²) in [6.45, 7) is 4.77. The third-order valence-corrected chi connectivity index (χ3v) is 3.30. The molecular formula is C16H24N2O3. The lowest BCUT2D eigenvalue weighted by molar-refractivity contribution is 0.0993. The second kappa shape index (κ2) is 9.35. The van der Waals surface area contributed by atoms with Gasteiger partial charge in [0, 0.05) is 19.2 Å². The molecule has 0 saturated carbocycles. The summed E-state index contributed by atoms with van der Waals surface area (Å²) in [4.78, 5) is 0. The molecule has 0 fully saturated rings. The van der Waals surface area contributed by atoms with Gasteiger partial charge >= 0.3 is 0 Å². The van der Waals surface area contributed by atoms with Crippen LogP contribution in [0.1, 0.15) is 25.8 Å². The average Bonchev–Trinajstić information content (AvgIpc) is 2.49. The van der Waals surface area contributed by atoms with Crippen LogP contribution in [0.3, 0.4) is 0 Å². The van der Waals surface area contributed by atoms with E-state index in [1.807, 2.05) is 0 Å². The Labute approximate surface area is 126 Å². The summed E-state index contributed by atoms with van der Waals surface area (Å²) in [7, 11) is 0. The molecule has 0 heterocycles. The van der Waals surface area contributed by atoms with Crippen LogP contribution in [0, 0.1) is 17.2 Å². The monoisotopic (exact) mass is 292 g/mol. The van der Waals surface area contributed by atoms with Gasteiger partial charge in [0.05, 0.1) is 5.56 Å². The van der Waals surface area contributed by atoms with E-state index in [-0.39, 0.29) is 19.3 Å². The molecule has 1 rings (SSSR count). The number of rotatable bonds is 9. The lowest BCUT2D eigenvalue weighted by Crippen LogP contribution is -2.41. The second-order valence-corrected chi connectivity index (χ2v) is 5.34. The third kappa shape index (κ3) is 6.13. The number of nitrogens with zero attached hydrogens (tertiary/aromatic N) is 1. The lowest BCUT2D eigenvalue weighted by atomic mass is 10.0. The van der Waals surface area contributed by atoms with Crippen molar-refractivity contribution in [3.8, 4) is 11.8 Å². The van der Waals surface area contributed by atoms with E-state index in [0.29, 0.717) is 30.2 Å². The molecule has 21 heavy (non-hydrogen) atoms. The molecule has 116 valence electrons. The number of para-hydroxylation sites is 1. The molecule has 2 atom stereocenters. The number of benzene rings is 1. The van der Waals surface area contributed by atoms with Crippen molar-refractivity contribution in [3.63, 3.8) is 0 Å². The molecule has 0 bridgehead atoms. The molecule has 1 aromatic rings. The SMILES string of the molecule is CC(C)C(CCO)NCC(O)COc1ccccc1C#N. The van der Waals surface area contributed by atoms with Gasteiger partial charge in [0.25, 0.3) is 0 Å². The summed E-state index contributed by atoms with van der Waals surface area (Å²) in [5, 5.41) is 31.1. The minimum Gasteiger partial charge on any atom is -0.489 e. The van der Waals surface area contributed by atoms with Crippen molar-refractivity contribution in [2.24, 2.45) is 5.92 Å². The molecule has 1 aromatic carbocycles. The van der Waals surface area contributed by atoms with Crippen LogP contribution in [0.4, 0.5) is 0 Å². The van der Waals surface area contributed by atoms with Crippen molar-refractivity contribution in [1.82, 2.24) is 5.32 Å². The molecule has 0 aliphatic rings. The van der Waals surface area contributed by atoms with Gasteiger partial charge in [-0.15, -0.1) is 0 Å². The maximum atomic E-state index is 9.94. The van der Waals surface area contributed by atoms with Crippen molar-refractivity contribution in [2.75, 3.05) is 19.8 Å². The Morgan fingerprint density at radius 2 is 2.05 bits per heavy atom. The third-order valence-electron chi connectivity index (χ3n) is 3.30. The molecule has 3 N–H and O–H groups in total. The Kier molecular flexibility index (Phi) is 7.76. The van der Waals surface area contributed by atoms with E-state index in [4.69, 9.17) is 15.1 Å². The van der Waals surface area contributed by atoms with Crippen LogP contribution in [0.15, 0.2) is 24.3 Å². The average molecular weight is 292 g/mol. The van der Waals surface area contributed by atoms with E-state index in [1.165, 1.54) is 0 Å². The Morgan fingerprint density at radius 3 is 2.67 bits per heavy atom. The Hall–Kier alpha value is -1.61. The van der Waals surface area contributed by atoms with E-state index in [9.17, 15) is 5.11 Å². The predicted octanol–water partition coefficient (Wildman–Crippen LogP) is 1.29. The molecule has 0 spiro atoms. The first-order chi connectivity index (χ1) is 10.1. The zero-order valence-corrected chi connectivity index (χ0v) is 12.6. The van der Waals surface area contributed by atoms with Crippen LogP contribution in [0.2, 0.25) is 0 Å². The molecule has 0 radical (unpaired) electrons. The Bertz CT molecular complexity index is 457. The van der Waals surface area contributed by atoms with Crippen molar-refractivity contribution < 1.29 is 14.9 Å². The second-order valence-electron chi connectivity index (χ2n) is 5.34. The van der Waals surface area contributed by atoms with E-state index in [0.717, 1.165) is 0 Å². The molecule has 5 nitrogen and oxygen atoms in total. The number of nitrogens with one attached hydrogen (secondary N) is 1. The maximum Gasteiger partial charge on any atom is 0.137 e. The van der Waals surface area contributed by atoms with E-state index < -0.39 is 6.10 Å². The summed E-state index contributed by atoms with van der Waals surface area (Å²) < 4.78 is 5.48. The largest absolute Gasteiger partial charge is 0.489 e.